The summed E-state index contributed by atoms with van der Waals surface area (Å²) in [5.41, 5.74) is 2.91. The molecule has 18 heavy (non-hydrogen) atoms. The van der Waals surface area contributed by atoms with Crippen LogP contribution in [0.1, 0.15) is 25.0 Å². The first-order valence-corrected chi connectivity index (χ1v) is 5.08. The third-order valence-electron chi connectivity index (χ3n) is 2.86. The van der Waals surface area contributed by atoms with E-state index >= 15 is 0 Å². The molecule has 0 aliphatic carbocycles. The summed E-state index contributed by atoms with van der Waals surface area (Å²) in [6.45, 7) is 2.69. The Bertz CT molecular complexity index is 458. The molecule has 100 valence electrons. The second-order valence-corrected chi connectivity index (χ2v) is 4.46. The van der Waals surface area contributed by atoms with Gasteiger partial charge in [-0.05, 0) is 11.6 Å². The fourth-order valence-corrected chi connectivity index (χ4v) is 1.63. The molecule has 1 unspecified atom stereocenters. The molecule has 0 spiro atoms. The topological polar surface area (TPSA) is 76.2 Å². The lowest BCUT2D eigenvalue weighted by Gasteiger charge is -2.31. The van der Waals surface area contributed by atoms with E-state index in [-0.39, 0.29) is 5.56 Å². The molecule has 1 aromatic rings. The highest BCUT2D eigenvalue weighted by molar-refractivity contribution is 5.75. The van der Waals surface area contributed by atoms with Crippen LogP contribution in [-0.4, -0.2) is 22.1 Å². The Morgan fingerprint density at radius 2 is 1.94 bits per heavy atom. The predicted octanol–water partition coefficient (Wildman–Crippen LogP) is 1.79. The van der Waals surface area contributed by atoms with Gasteiger partial charge in [-0.15, -0.1) is 0 Å². The van der Waals surface area contributed by atoms with E-state index in [4.69, 9.17) is 10.8 Å². The molecule has 0 fully saturated rings. The Morgan fingerprint density at radius 1 is 1.39 bits per heavy atom. The summed E-state index contributed by atoms with van der Waals surface area (Å²) in [5.74, 6) is -1.36. The van der Waals surface area contributed by atoms with Gasteiger partial charge < -0.3 is 10.8 Å². The largest absolute Gasteiger partial charge is 0.480 e. The zero-order chi connectivity index (χ0) is 14.1. The van der Waals surface area contributed by atoms with Crippen LogP contribution in [-0.2, 0) is 16.4 Å². The summed E-state index contributed by atoms with van der Waals surface area (Å²) in [6.07, 6.45) is -2.56. The normalized spacial score (nSPS) is 14.3. The second-order valence-electron chi connectivity index (χ2n) is 4.46. The van der Waals surface area contributed by atoms with Crippen LogP contribution in [0.5, 0.6) is 0 Å². The van der Waals surface area contributed by atoms with Gasteiger partial charge in [0.1, 0.15) is 6.04 Å². The third kappa shape index (κ3) is 2.61. The molecule has 0 saturated heterocycles. The van der Waals surface area contributed by atoms with Crippen molar-refractivity contribution in [2.45, 2.75) is 31.5 Å². The van der Waals surface area contributed by atoms with Gasteiger partial charge in [0.15, 0.2) is 0 Å². The number of carbonyl (C=O) groups is 1. The summed E-state index contributed by atoms with van der Waals surface area (Å²) < 4.78 is 38.5. The SMILES string of the molecule is CC(C)(c1cnccc1C(F)(F)F)C(N)C(=O)O. The molecule has 0 aliphatic rings. The molecule has 0 aliphatic heterocycles. The van der Waals surface area contributed by atoms with E-state index in [2.05, 4.69) is 4.98 Å². The molecule has 1 heterocycles. The minimum atomic E-state index is -4.58. The molecular weight excluding hydrogens is 249 g/mol. The van der Waals surface area contributed by atoms with Crippen LogP contribution in [0, 0.1) is 0 Å². The monoisotopic (exact) mass is 262 g/mol. The Balaban J connectivity index is 3.37. The number of aliphatic carboxylic acids is 1. The third-order valence-corrected chi connectivity index (χ3v) is 2.86. The zero-order valence-corrected chi connectivity index (χ0v) is 9.82. The van der Waals surface area contributed by atoms with Gasteiger partial charge in [0.05, 0.1) is 5.56 Å². The summed E-state index contributed by atoms with van der Waals surface area (Å²) >= 11 is 0. The van der Waals surface area contributed by atoms with E-state index in [1.807, 2.05) is 0 Å². The highest BCUT2D eigenvalue weighted by Crippen LogP contribution is 2.38. The van der Waals surface area contributed by atoms with Gasteiger partial charge in [-0.2, -0.15) is 13.2 Å². The maximum atomic E-state index is 12.8. The Hall–Kier alpha value is -1.63. The number of carboxylic acid groups (broad SMARTS) is 1. The molecule has 1 aromatic heterocycles. The molecule has 0 radical (unpaired) electrons. The van der Waals surface area contributed by atoms with Crippen molar-refractivity contribution in [3.8, 4) is 0 Å². The van der Waals surface area contributed by atoms with Crippen LogP contribution in [0.4, 0.5) is 13.2 Å². The highest BCUT2D eigenvalue weighted by Gasteiger charge is 2.42. The Kier molecular flexibility index (Phi) is 3.66. The lowest BCUT2D eigenvalue weighted by Crippen LogP contribution is -2.47. The first-order valence-electron chi connectivity index (χ1n) is 5.08. The van der Waals surface area contributed by atoms with Crippen LogP contribution in [0.15, 0.2) is 18.5 Å². The first-order chi connectivity index (χ1) is 8.08. The molecule has 1 rings (SSSR count). The number of aromatic nitrogens is 1. The summed E-state index contributed by atoms with van der Waals surface area (Å²) in [7, 11) is 0. The van der Waals surface area contributed by atoms with Crippen molar-refractivity contribution < 1.29 is 23.1 Å². The van der Waals surface area contributed by atoms with E-state index < -0.39 is 29.2 Å². The van der Waals surface area contributed by atoms with Gasteiger partial charge in [0, 0.05) is 17.8 Å². The average Bonchev–Trinajstić information content (AvgIpc) is 2.26. The van der Waals surface area contributed by atoms with Crippen LogP contribution in [0.25, 0.3) is 0 Å². The van der Waals surface area contributed by atoms with E-state index in [1.54, 1.807) is 0 Å². The lowest BCUT2D eigenvalue weighted by atomic mass is 9.76. The lowest BCUT2D eigenvalue weighted by molar-refractivity contribution is -0.143. The van der Waals surface area contributed by atoms with Crippen LogP contribution < -0.4 is 5.73 Å². The molecule has 0 amide bonds. The first kappa shape index (κ1) is 14.4. The molecular formula is C11H13F3N2O2. The molecule has 7 heteroatoms. The number of hydrogen-bond donors (Lipinski definition) is 2. The number of alkyl halides is 3. The van der Waals surface area contributed by atoms with Gasteiger partial charge >= 0.3 is 12.1 Å². The minimum absolute atomic E-state index is 0.229. The number of rotatable bonds is 3. The van der Waals surface area contributed by atoms with Crippen molar-refractivity contribution in [1.82, 2.24) is 4.98 Å². The Labute approximate surface area is 102 Å². The molecule has 3 N–H and O–H groups in total. The van der Waals surface area contributed by atoms with E-state index in [0.717, 1.165) is 18.5 Å². The number of nitrogens with two attached hydrogens (primary N) is 1. The van der Waals surface area contributed by atoms with Gasteiger partial charge in [-0.1, -0.05) is 13.8 Å². The van der Waals surface area contributed by atoms with Crippen LogP contribution in [0.2, 0.25) is 0 Å². The van der Waals surface area contributed by atoms with Crippen LogP contribution in [0.3, 0.4) is 0 Å². The van der Waals surface area contributed by atoms with Gasteiger partial charge in [0.2, 0.25) is 0 Å². The maximum absolute atomic E-state index is 12.8. The number of carboxylic acids is 1. The molecule has 1 atom stereocenters. The van der Waals surface area contributed by atoms with Crippen molar-refractivity contribution in [2.75, 3.05) is 0 Å². The minimum Gasteiger partial charge on any atom is -0.480 e. The predicted molar refractivity (Wildman–Crippen MR) is 57.9 cm³/mol. The van der Waals surface area contributed by atoms with Crippen molar-refractivity contribution in [3.63, 3.8) is 0 Å². The molecule has 0 aromatic carbocycles. The summed E-state index contributed by atoms with van der Waals surface area (Å²) in [6, 6.07) is -0.645. The number of halogens is 3. The Morgan fingerprint density at radius 3 is 2.39 bits per heavy atom. The average molecular weight is 262 g/mol. The fraction of sp³-hybridized carbons (Fsp3) is 0.455. The van der Waals surface area contributed by atoms with Crippen molar-refractivity contribution in [2.24, 2.45) is 5.73 Å². The van der Waals surface area contributed by atoms with Crippen LogP contribution >= 0.6 is 0 Å². The second kappa shape index (κ2) is 4.56. The van der Waals surface area contributed by atoms with Gasteiger partial charge in [-0.3, -0.25) is 9.78 Å². The number of pyridine rings is 1. The van der Waals surface area contributed by atoms with E-state index in [1.165, 1.54) is 13.8 Å². The maximum Gasteiger partial charge on any atom is 0.416 e. The highest BCUT2D eigenvalue weighted by atomic mass is 19.4. The molecule has 4 nitrogen and oxygen atoms in total. The van der Waals surface area contributed by atoms with Crippen molar-refractivity contribution in [3.05, 3.63) is 29.6 Å². The smallest absolute Gasteiger partial charge is 0.416 e. The van der Waals surface area contributed by atoms with E-state index in [9.17, 15) is 18.0 Å². The summed E-state index contributed by atoms with van der Waals surface area (Å²) in [4.78, 5) is 14.5. The fourth-order valence-electron chi connectivity index (χ4n) is 1.63. The van der Waals surface area contributed by atoms with Crippen molar-refractivity contribution >= 4 is 5.97 Å². The number of hydrogen-bond acceptors (Lipinski definition) is 3. The quantitative estimate of drug-likeness (QED) is 0.870. The molecule has 0 bridgehead atoms. The molecule has 0 saturated carbocycles. The standard InChI is InChI=1S/C11H13F3N2O2/c1-10(2,8(15)9(17)18)7-5-16-4-3-6(7)11(12,13)14/h3-5,8H,15H2,1-2H3,(H,17,18). The number of nitrogens with zero attached hydrogens (tertiary/aromatic N) is 1. The summed E-state index contributed by atoms with van der Waals surface area (Å²) in [5, 5.41) is 8.85. The van der Waals surface area contributed by atoms with E-state index in [0.29, 0.717) is 0 Å². The van der Waals surface area contributed by atoms with Crippen molar-refractivity contribution in [1.29, 1.82) is 0 Å². The van der Waals surface area contributed by atoms with Gasteiger partial charge in [0.25, 0.3) is 0 Å². The zero-order valence-electron chi connectivity index (χ0n) is 9.82. The van der Waals surface area contributed by atoms with Gasteiger partial charge in [-0.25, -0.2) is 0 Å².